The van der Waals surface area contributed by atoms with E-state index in [9.17, 15) is 0 Å². The molecule has 3 nitrogen and oxygen atoms in total. The van der Waals surface area contributed by atoms with Crippen molar-refractivity contribution in [3.8, 4) is 0 Å². The van der Waals surface area contributed by atoms with Crippen molar-refractivity contribution >= 4 is 0 Å². The molecule has 3 heteroatoms. The largest absolute Gasteiger partial charge is 0.358 e. The fraction of sp³-hybridized carbons (Fsp3) is 1.00. The lowest BCUT2D eigenvalue weighted by molar-refractivity contribution is -0.709. The van der Waals surface area contributed by atoms with Crippen molar-refractivity contribution in [1.82, 2.24) is 0 Å². The van der Waals surface area contributed by atoms with Crippen LogP contribution in [0, 0.1) is 0 Å². The van der Waals surface area contributed by atoms with Crippen molar-refractivity contribution in [1.29, 1.82) is 0 Å². The number of rotatable bonds is 3. The average molecular weight is 160 g/mol. The van der Waals surface area contributed by atoms with Crippen LogP contribution >= 0.6 is 0 Å². The third-order valence-corrected chi connectivity index (χ3v) is 2.07. The van der Waals surface area contributed by atoms with E-state index < -0.39 is 0 Å². The summed E-state index contributed by atoms with van der Waals surface area (Å²) in [6.07, 6.45) is 0.915. The van der Waals surface area contributed by atoms with Crippen molar-refractivity contribution in [3.05, 3.63) is 0 Å². The fourth-order valence-electron chi connectivity index (χ4n) is 1.46. The molecule has 0 unspecified atom stereocenters. The lowest BCUT2D eigenvalue weighted by Gasteiger charge is -2.24. The fourth-order valence-corrected chi connectivity index (χ4v) is 1.46. The van der Waals surface area contributed by atoms with Crippen LogP contribution in [0.1, 0.15) is 13.8 Å². The van der Waals surface area contributed by atoms with Crippen LogP contribution in [0.3, 0.4) is 0 Å². The molecule has 2 atom stereocenters. The first kappa shape index (κ1) is 8.97. The standard InChI is InChI=1S/C8H18N2O/c1-3-9-5-8-6-10-4-7(2)11-8/h7-10H,3-6H2,1-2H3/p+2/t7-,8-/m1/s1. The van der Waals surface area contributed by atoms with Gasteiger partial charge in [-0.2, -0.15) is 0 Å². The summed E-state index contributed by atoms with van der Waals surface area (Å²) in [5, 5.41) is 4.65. The second-order valence-electron chi connectivity index (χ2n) is 3.26. The van der Waals surface area contributed by atoms with Gasteiger partial charge in [-0.05, 0) is 13.8 Å². The molecule has 0 aliphatic carbocycles. The maximum absolute atomic E-state index is 5.73. The molecule has 0 aromatic carbocycles. The van der Waals surface area contributed by atoms with Gasteiger partial charge in [0.2, 0.25) is 0 Å². The van der Waals surface area contributed by atoms with Gasteiger partial charge in [0.15, 0.2) is 6.10 Å². The average Bonchev–Trinajstić information content (AvgIpc) is 2.01. The summed E-state index contributed by atoms with van der Waals surface area (Å²) in [5.41, 5.74) is 0. The zero-order valence-electron chi connectivity index (χ0n) is 7.55. The van der Waals surface area contributed by atoms with E-state index in [4.69, 9.17) is 4.74 Å². The number of hydrogen-bond acceptors (Lipinski definition) is 1. The number of quaternary nitrogens is 2. The smallest absolute Gasteiger partial charge is 0.155 e. The van der Waals surface area contributed by atoms with Crippen molar-refractivity contribution in [2.24, 2.45) is 0 Å². The molecular formula is C8H20N2O+2. The zero-order valence-corrected chi connectivity index (χ0v) is 7.55. The molecule has 1 aliphatic heterocycles. The lowest BCUT2D eigenvalue weighted by atomic mass is 10.2. The first-order valence-corrected chi connectivity index (χ1v) is 4.61. The van der Waals surface area contributed by atoms with E-state index in [1.54, 1.807) is 0 Å². The second-order valence-corrected chi connectivity index (χ2v) is 3.26. The molecule has 0 amide bonds. The third-order valence-electron chi connectivity index (χ3n) is 2.07. The Morgan fingerprint density at radius 1 is 1.55 bits per heavy atom. The summed E-state index contributed by atoms with van der Waals surface area (Å²) in [4.78, 5) is 0. The van der Waals surface area contributed by atoms with Crippen LogP contribution in [-0.4, -0.2) is 38.4 Å². The van der Waals surface area contributed by atoms with Gasteiger partial charge in [0.1, 0.15) is 25.7 Å². The molecule has 66 valence electrons. The summed E-state index contributed by atoms with van der Waals surface area (Å²) in [5.74, 6) is 0. The first-order valence-electron chi connectivity index (χ1n) is 4.61. The van der Waals surface area contributed by atoms with Crippen molar-refractivity contribution in [2.75, 3.05) is 26.2 Å². The first-order chi connectivity index (χ1) is 5.33. The Bertz CT molecular complexity index is 108. The Kier molecular flexibility index (Phi) is 3.83. The van der Waals surface area contributed by atoms with Gasteiger partial charge in [0.05, 0.1) is 6.54 Å². The molecule has 1 rings (SSSR count). The number of likely N-dealkylation sites (N-methyl/N-ethyl adjacent to an activating group) is 1. The van der Waals surface area contributed by atoms with E-state index in [2.05, 4.69) is 24.5 Å². The Morgan fingerprint density at radius 2 is 2.36 bits per heavy atom. The monoisotopic (exact) mass is 160 g/mol. The van der Waals surface area contributed by atoms with Gasteiger partial charge in [-0.25, -0.2) is 0 Å². The van der Waals surface area contributed by atoms with Gasteiger partial charge >= 0.3 is 0 Å². The number of morpholine rings is 1. The van der Waals surface area contributed by atoms with Gasteiger partial charge in [0, 0.05) is 0 Å². The molecule has 0 aromatic rings. The molecule has 1 aliphatic rings. The highest BCUT2D eigenvalue weighted by molar-refractivity contribution is 4.59. The van der Waals surface area contributed by atoms with Crippen LogP contribution < -0.4 is 10.6 Å². The van der Waals surface area contributed by atoms with Crippen molar-refractivity contribution in [3.63, 3.8) is 0 Å². The minimum atomic E-state index is 0.444. The van der Waals surface area contributed by atoms with Crippen molar-refractivity contribution in [2.45, 2.75) is 26.1 Å². The highest BCUT2D eigenvalue weighted by Gasteiger charge is 2.22. The van der Waals surface area contributed by atoms with Crippen LogP contribution in [0.25, 0.3) is 0 Å². The molecule has 0 saturated carbocycles. The quantitative estimate of drug-likeness (QED) is 0.489. The molecule has 1 saturated heterocycles. The second kappa shape index (κ2) is 4.70. The van der Waals surface area contributed by atoms with Crippen LogP contribution in [0.5, 0.6) is 0 Å². The number of nitrogens with two attached hydrogens (primary N) is 2. The molecule has 1 heterocycles. The van der Waals surface area contributed by atoms with Crippen LogP contribution in [0.2, 0.25) is 0 Å². The minimum absolute atomic E-state index is 0.444. The highest BCUT2D eigenvalue weighted by atomic mass is 16.5. The Hall–Kier alpha value is -0.120. The SMILES string of the molecule is CC[NH2+]C[C@@H]1C[NH2+]C[C@@H](C)O1. The number of ether oxygens (including phenoxy) is 1. The Morgan fingerprint density at radius 3 is 3.00 bits per heavy atom. The summed E-state index contributed by atoms with van der Waals surface area (Å²) < 4.78 is 5.73. The van der Waals surface area contributed by atoms with E-state index in [1.807, 2.05) is 0 Å². The van der Waals surface area contributed by atoms with E-state index in [0.29, 0.717) is 12.2 Å². The summed E-state index contributed by atoms with van der Waals surface area (Å²) in [6, 6.07) is 0. The van der Waals surface area contributed by atoms with Crippen molar-refractivity contribution < 1.29 is 15.4 Å². The molecule has 4 N–H and O–H groups in total. The van der Waals surface area contributed by atoms with Gasteiger partial charge < -0.3 is 15.4 Å². The molecule has 1 fully saturated rings. The van der Waals surface area contributed by atoms with Gasteiger partial charge in [-0.15, -0.1) is 0 Å². The van der Waals surface area contributed by atoms with Crippen LogP contribution in [0.4, 0.5) is 0 Å². The number of hydrogen-bond donors (Lipinski definition) is 2. The lowest BCUT2D eigenvalue weighted by Crippen LogP contribution is -2.95. The van der Waals surface area contributed by atoms with Gasteiger partial charge in [-0.3, -0.25) is 0 Å². The molecule has 11 heavy (non-hydrogen) atoms. The predicted octanol–water partition coefficient (Wildman–Crippen LogP) is -2.08. The highest BCUT2D eigenvalue weighted by Crippen LogP contribution is 1.95. The molecule has 0 radical (unpaired) electrons. The van der Waals surface area contributed by atoms with Crippen LogP contribution in [-0.2, 0) is 4.74 Å². The third kappa shape index (κ3) is 3.18. The molecule has 0 bridgehead atoms. The summed E-state index contributed by atoms with van der Waals surface area (Å²) >= 11 is 0. The normalized spacial score (nSPS) is 32.2. The van der Waals surface area contributed by atoms with E-state index in [0.717, 1.165) is 26.2 Å². The van der Waals surface area contributed by atoms with Gasteiger partial charge in [-0.1, -0.05) is 0 Å². The minimum Gasteiger partial charge on any atom is -0.358 e. The van der Waals surface area contributed by atoms with E-state index in [-0.39, 0.29) is 0 Å². The predicted molar refractivity (Wildman–Crippen MR) is 43.3 cm³/mol. The van der Waals surface area contributed by atoms with E-state index >= 15 is 0 Å². The zero-order chi connectivity index (χ0) is 8.10. The van der Waals surface area contributed by atoms with E-state index in [1.165, 1.54) is 0 Å². The van der Waals surface area contributed by atoms with Gasteiger partial charge in [0.25, 0.3) is 0 Å². The maximum Gasteiger partial charge on any atom is 0.155 e. The topological polar surface area (TPSA) is 42.5 Å². The molecule has 0 aromatic heterocycles. The summed E-state index contributed by atoms with van der Waals surface area (Å²) in [6.45, 7) is 8.87. The Labute approximate surface area is 68.5 Å². The summed E-state index contributed by atoms with van der Waals surface area (Å²) in [7, 11) is 0. The maximum atomic E-state index is 5.73. The van der Waals surface area contributed by atoms with Crippen LogP contribution in [0.15, 0.2) is 0 Å². The Balaban J connectivity index is 2.12. The molecule has 0 spiro atoms. The molecular weight excluding hydrogens is 140 g/mol.